The number of carbonyl (C=O) groups is 1. The summed E-state index contributed by atoms with van der Waals surface area (Å²) in [6, 6.07) is 7.38. The number of rotatable bonds is 8. The maximum atomic E-state index is 12.3. The highest BCUT2D eigenvalue weighted by atomic mass is 79.9. The molecule has 3 rings (SSSR count). The molecule has 1 unspecified atom stereocenters. The molecule has 0 radical (unpaired) electrons. The van der Waals surface area contributed by atoms with Gasteiger partial charge in [-0.3, -0.25) is 4.79 Å². The summed E-state index contributed by atoms with van der Waals surface area (Å²) in [4.78, 5) is 16.4. The Morgan fingerprint density at radius 3 is 2.61 bits per heavy atom. The number of halogens is 2. The van der Waals surface area contributed by atoms with Gasteiger partial charge in [0.2, 0.25) is 5.91 Å². The monoisotopic (exact) mass is 523 g/mol. The largest absolute Gasteiger partial charge is 0.483 e. The average Bonchev–Trinajstić information content (AvgIpc) is 3.15. The highest BCUT2D eigenvalue weighted by molar-refractivity contribution is 9.10. The first-order chi connectivity index (χ1) is 14.8. The molecule has 0 saturated heterocycles. The Balaban J connectivity index is 1.65. The number of hydrogen-bond donors (Lipinski definition) is 1. The fraction of sp³-hybridized carbons (Fsp3) is 0.333. The number of benzene rings is 1. The van der Waals surface area contributed by atoms with Gasteiger partial charge in [-0.05, 0) is 79.0 Å². The number of pyridine rings is 1. The van der Waals surface area contributed by atoms with Crippen LogP contribution in [0.25, 0.3) is 0 Å². The van der Waals surface area contributed by atoms with Gasteiger partial charge in [0.25, 0.3) is 0 Å². The van der Waals surface area contributed by atoms with Crippen molar-refractivity contribution in [2.24, 2.45) is 0 Å². The van der Waals surface area contributed by atoms with E-state index in [1.54, 1.807) is 12.3 Å². The summed E-state index contributed by atoms with van der Waals surface area (Å²) in [6.45, 7) is 8.49. The number of anilines is 1. The van der Waals surface area contributed by atoms with Gasteiger partial charge in [-0.2, -0.15) is 0 Å². The third-order valence-electron chi connectivity index (χ3n) is 4.48. The molecule has 1 N–H and O–H groups in total. The van der Waals surface area contributed by atoms with Gasteiger partial charge >= 0.3 is 0 Å². The van der Waals surface area contributed by atoms with Crippen molar-refractivity contribution in [3.05, 3.63) is 56.9 Å². The van der Waals surface area contributed by atoms with Gasteiger partial charge in [0.1, 0.15) is 11.6 Å². The van der Waals surface area contributed by atoms with Crippen LogP contribution in [0, 0.1) is 13.8 Å². The molecule has 10 heteroatoms. The molecule has 0 bridgehead atoms. The number of aromatic nitrogens is 4. The van der Waals surface area contributed by atoms with Crippen LogP contribution in [-0.2, 0) is 11.3 Å². The van der Waals surface area contributed by atoms with E-state index in [-0.39, 0.29) is 17.8 Å². The molecule has 164 valence electrons. The number of ether oxygens (including phenoxy) is 1. The molecule has 0 aliphatic carbocycles. The number of aryl methyl sites for hydroxylation is 2. The lowest BCUT2D eigenvalue weighted by molar-refractivity contribution is -0.113. The minimum Gasteiger partial charge on any atom is -0.483 e. The van der Waals surface area contributed by atoms with E-state index in [1.807, 2.05) is 50.5 Å². The zero-order chi connectivity index (χ0) is 22.5. The van der Waals surface area contributed by atoms with Crippen LogP contribution in [0.3, 0.4) is 0 Å². The molecule has 1 atom stereocenters. The summed E-state index contributed by atoms with van der Waals surface area (Å²) in [5.41, 5.74) is 1.92. The van der Waals surface area contributed by atoms with Gasteiger partial charge in [-0.25, -0.2) is 4.98 Å². The smallest absolute Gasteiger partial charge is 0.236 e. The van der Waals surface area contributed by atoms with Crippen LogP contribution in [0.1, 0.15) is 36.9 Å². The number of nitrogens with one attached hydrogen (secondary N) is 1. The topological polar surface area (TPSA) is 81.9 Å². The summed E-state index contributed by atoms with van der Waals surface area (Å²) in [7, 11) is 0. The van der Waals surface area contributed by atoms with Gasteiger partial charge in [0.15, 0.2) is 17.1 Å². The van der Waals surface area contributed by atoms with E-state index in [9.17, 15) is 4.79 Å². The maximum absolute atomic E-state index is 12.3. The molecule has 0 saturated carbocycles. The first-order valence-electron chi connectivity index (χ1n) is 9.69. The standard InChI is InChI=1S/C21H23BrClN5O2S/c1-5-28-20(14(4)30-16-8-12(2)19(23)13(3)9-16)26-27-21(28)31-11-18(29)25-17-7-6-15(22)10-24-17/h6-10,14H,5,11H2,1-4H3,(H,24,25,29). The zero-order valence-electron chi connectivity index (χ0n) is 17.6. The lowest BCUT2D eigenvalue weighted by Crippen LogP contribution is -2.16. The van der Waals surface area contributed by atoms with Crippen LogP contribution >= 0.6 is 39.3 Å². The second kappa shape index (κ2) is 10.5. The van der Waals surface area contributed by atoms with Crippen molar-refractivity contribution in [2.75, 3.05) is 11.1 Å². The highest BCUT2D eigenvalue weighted by Crippen LogP contribution is 2.29. The van der Waals surface area contributed by atoms with Crippen LogP contribution in [-0.4, -0.2) is 31.4 Å². The fourth-order valence-corrected chi connectivity index (χ4v) is 4.15. The summed E-state index contributed by atoms with van der Waals surface area (Å²) in [5, 5.41) is 12.7. The van der Waals surface area contributed by atoms with Gasteiger partial charge < -0.3 is 14.6 Å². The molecule has 3 aromatic rings. The minimum absolute atomic E-state index is 0.163. The Hall–Kier alpha value is -2.10. The molecule has 1 amide bonds. The van der Waals surface area contributed by atoms with Gasteiger partial charge in [-0.15, -0.1) is 10.2 Å². The SMILES string of the molecule is CCn1c(SCC(=O)Nc2ccc(Br)cn2)nnc1C(C)Oc1cc(C)c(Cl)c(C)c1. The summed E-state index contributed by atoms with van der Waals surface area (Å²) >= 11 is 10.9. The van der Waals surface area contributed by atoms with E-state index >= 15 is 0 Å². The quantitative estimate of drug-likeness (QED) is 0.387. The van der Waals surface area contributed by atoms with Crippen LogP contribution in [0.4, 0.5) is 5.82 Å². The normalized spacial score (nSPS) is 11.9. The van der Waals surface area contributed by atoms with Crippen molar-refractivity contribution >= 4 is 51.0 Å². The average molecular weight is 525 g/mol. The number of carbonyl (C=O) groups excluding carboxylic acids is 1. The third-order valence-corrected chi connectivity index (χ3v) is 6.51. The number of amides is 1. The van der Waals surface area contributed by atoms with Gasteiger partial charge in [0, 0.05) is 22.2 Å². The Morgan fingerprint density at radius 1 is 1.29 bits per heavy atom. The second-order valence-electron chi connectivity index (χ2n) is 6.91. The predicted molar refractivity (Wildman–Crippen MR) is 127 cm³/mol. The number of hydrogen-bond acceptors (Lipinski definition) is 6. The molecule has 1 aromatic carbocycles. The molecular formula is C21H23BrClN5O2S. The zero-order valence-corrected chi connectivity index (χ0v) is 20.8. The van der Waals surface area contributed by atoms with Crippen LogP contribution in [0.5, 0.6) is 5.75 Å². The van der Waals surface area contributed by atoms with Crippen molar-refractivity contribution in [3.8, 4) is 5.75 Å². The van der Waals surface area contributed by atoms with Crippen LogP contribution in [0.15, 0.2) is 40.1 Å². The molecule has 0 aliphatic rings. The highest BCUT2D eigenvalue weighted by Gasteiger charge is 2.20. The van der Waals surface area contributed by atoms with Gasteiger partial charge in [0.05, 0.1) is 5.75 Å². The molecule has 0 aliphatic heterocycles. The third kappa shape index (κ3) is 5.99. The first-order valence-corrected chi connectivity index (χ1v) is 11.8. The van der Waals surface area contributed by atoms with Crippen LogP contribution < -0.4 is 10.1 Å². The van der Waals surface area contributed by atoms with Gasteiger partial charge in [-0.1, -0.05) is 23.4 Å². The second-order valence-corrected chi connectivity index (χ2v) is 9.15. The first kappa shape index (κ1) is 23.6. The molecule has 2 aromatic heterocycles. The molecular weight excluding hydrogens is 502 g/mol. The van der Waals surface area contributed by atoms with E-state index in [0.29, 0.717) is 23.3 Å². The summed E-state index contributed by atoms with van der Waals surface area (Å²) in [6.07, 6.45) is 1.32. The minimum atomic E-state index is -0.317. The fourth-order valence-electron chi connectivity index (χ4n) is 2.99. The number of nitrogens with zero attached hydrogens (tertiary/aromatic N) is 4. The van der Waals surface area contributed by atoms with Crippen LogP contribution in [0.2, 0.25) is 5.02 Å². The Bertz CT molecular complexity index is 1050. The van der Waals surface area contributed by atoms with Crippen molar-refractivity contribution in [3.63, 3.8) is 0 Å². The Morgan fingerprint density at radius 2 is 2.00 bits per heavy atom. The van der Waals surface area contributed by atoms with Crippen molar-refractivity contribution < 1.29 is 9.53 Å². The Kier molecular flexibility index (Phi) is 7.96. The van der Waals surface area contributed by atoms with Crippen molar-refractivity contribution in [2.45, 2.75) is 45.5 Å². The Labute approximate surface area is 199 Å². The van der Waals surface area contributed by atoms with E-state index in [2.05, 4.69) is 36.4 Å². The summed E-state index contributed by atoms with van der Waals surface area (Å²) in [5.74, 6) is 1.96. The van der Waals surface area contributed by atoms with E-state index in [1.165, 1.54) is 11.8 Å². The van der Waals surface area contributed by atoms with Crippen molar-refractivity contribution in [1.82, 2.24) is 19.7 Å². The van der Waals surface area contributed by atoms with E-state index in [0.717, 1.165) is 26.4 Å². The molecule has 2 heterocycles. The summed E-state index contributed by atoms with van der Waals surface area (Å²) < 4.78 is 8.91. The predicted octanol–water partition coefficient (Wildman–Crippen LogP) is 5.60. The maximum Gasteiger partial charge on any atom is 0.236 e. The number of thioether (sulfide) groups is 1. The van der Waals surface area contributed by atoms with Crippen molar-refractivity contribution in [1.29, 1.82) is 0 Å². The molecule has 7 nitrogen and oxygen atoms in total. The molecule has 0 spiro atoms. The van der Waals surface area contributed by atoms with E-state index < -0.39 is 0 Å². The lowest BCUT2D eigenvalue weighted by atomic mass is 10.1. The van der Waals surface area contributed by atoms with E-state index in [4.69, 9.17) is 16.3 Å². The molecule has 31 heavy (non-hydrogen) atoms. The lowest BCUT2D eigenvalue weighted by Gasteiger charge is -2.17. The molecule has 0 fully saturated rings.